The molecule has 0 aliphatic carbocycles. The highest BCUT2D eigenvalue weighted by Gasteiger charge is 2.22. The summed E-state index contributed by atoms with van der Waals surface area (Å²) in [5.41, 5.74) is 1.26. The predicted octanol–water partition coefficient (Wildman–Crippen LogP) is 4.95. The number of aromatic nitrogens is 4. The number of hydrogen-bond acceptors (Lipinski definition) is 7. The quantitative estimate of drug-likeness (QED) is 0.360. The molecule has 0 unspecified atom stereocenters. The molecule has 2 heterocycles. The summed E-state index contributed by atoms with van der Waals surface area (Å²) in [6.45, 7) is 3.98. The van der Waals surface area contributed by atoms with Crippen molar-refractivity contribution in [3.63, 3.8) is 0 Å². The molecule has 4 aromatic rings. The zero-order valence-corrected chi connectivity index (χ0v) is 18.8. The van der Waals surface area contributed by atoms with E-state index in [1.165, 1.54) is 12.1 Å². The van der Waals surface area contributed by atoms with Crippen molar-refractivity contribution < 1.29 is 18.1 Å². The van der Waals surface area contributed by atoms with Gasteiger partial charge in [0.1, 0.15) is 5.82 Å². The number of carbonyl (C=O) groups is 1. The molecule has 0 spiro atoms. The summed E-state index contributed by atoms with van der Waals surface area (Å²) in [5, 5.41) is 12.5. The van der Waals surface area contributed by atoms with E-state index >= 15 is 0 Å². The van der Waals surface area contributed by atoms with Gasteiger partial charge in [-0.25, -0.2) is 4.39 Å². The molecule has 0 aliphatic rings. The van der Waals surface area contributed by atoms with Crippen LogP contribution in [0, 0.1) is 5.82 Å². The van der Waals surface area contributed by atoms with Gasteiger partial charge in [-0.15, -0.1) is 10.2 Å². The van der Waals surface area contributed by atoms with E-state index in [1.54, 1.807) is 29.2 Å². The number of aryl methyl sites for hydroxylation is 1. The lowest BCUT2D eigenvalue weighted by Crippen LogP contribution is -2.36. The van der Waals surface area contributed by atoms with Gasteiger partial charge in [0.15, 0.2) is 0 Å². The van der Waals surface area contributed by atoms with Crippen molar-refractivity contribution in [3.05, 3.63) is 71.2 Å². The summed E-state index contributed by atoms with van der Waals surface area (Å²) in [6.07, 6.45) is 0.430. The maximum atomic E-state index is 13.1. The van der Waals surface area contributed by atoms with E-state index in [9.17, 15) is 9.18 Å². The molecule has 170 valence electrons. The maximum Gasteiger partial charge on any atom is 0.249 e. The molecule has 0 atom stereocenters. The Bertz CT molecular complexity index is 1240. The van der Waals surface area contributed by atoms with Gasteiger partial charge in [0.25, 0.3) is 0 Å². The smallest absolute Gasteiger partial charge is 0.249 e. The zero-order valence-electron chi connectivity index (χ0n) is 18.0. The number of halogens is 2. The highest BCUT2D eigenvalue weighted by atomic mass is 35.5. The summed E-state index contributed by atoms with van der Waals surface area (Å²) in [4.78, 5) is 18.8. The van der Waals surface area contributed by atoms with Gasteiger partial charge in [0, 0.05) is 24.4 Å². The molecule has 8 nitrogen and oxygen atoms in total. The molecule has 2 aromatic heterocycles. The molecule has 0 aliphatic heterocycles. The fourth-order valence-electron chi connectivity index (χ4n) is 3.20. The molecule has 2 aromatic carbocycles. The summed E-state index contributed by atoms with van der Waals surface area (Å²) in [6, 6.07) is 12.9. The van der Waals surface area contributed by atoms with E-state index in [4.69, 9.17) is 20.5 Å². The topological polar surface area (TPSA) is 98.2 Å². The number of hydrogen-bond donors (Lipinski definition) is 0. The number of benzene rings is 2. The third-order valence-corrected chi connectivity index (χ3v) is 5.27. The van der Waals surface area contributed by atoms with Crippen LogP contribution in [-0.4, -0.2) is 37.2 Å². The Labute approximate surface area is 194 Å². The minimum Gasteiger partial charge on any atom is -0.419 e. The molecule has 0 N–H and O–H groups in total. The standard InChI is InChI=1S/C23H21ClFN5O3/c1-14(2)30(13-20-27-28-23(32-20)17-5-3-4-6-18(17)24)21(31)12-11-19-26-22(29-33-19)15-7-9-16(25)10-8-15/h3-10,14H,11-13H2,1-2H3. The highest BCUT2D eigenvalue weighted by molar-refractivity contribution is 6.33. The van der Waals surface area contributed by atoms with E-state index in [1.807, 2.05) is 26.0 Å². The lowest BCUT2D eigenvalue weighted by atomic mass is 10.2. The van der Waals surface area contributed by atoms with Crippen LogP contribution in [0.3, 0.4) is 0 Å². The fraction of sp³-hybridized carbons (Fsp3) is 0.261. The monoisotopic (exact) mass is 469 g/mol. The molecule has 0 saturated carbocycles. The average molecular weight is 470 g/mol. The van der Waals surface area contributed by atoms with Gasteiger partial charge in [-0.1, -0.05) is 28.9 Å². The third kappa shape index (κ3) is 5.43. The van der Waals surface area contributed by atoms with Crippen LogP contribution in [0.25, 0.3) is 22.8 Å². The van der Waals surface area contributed by atoms with Crippen molar-refractivity contribution in [2.45, 2.75) is 39.3 Å². The minimum absolute atomic E-state index is 0.0920. The molecular weight excluding hydrogens is 449 g/mol. The Kier molecular flexibility index (Phi) is 6.79. The number of carbonyl (C=O) groups excluding carboxylic acids is 1. The predicted molar refractivity (Wildman–Crippen MR) is 118 cm³/mol. The van der Waals surface area contributed by atoms with E-state index in [0.29, 0.717) is 39.6 Å². The zero-order chi connectivity index (χ0) is 23.4. The van der Waals surface area contributed by atoms with Crippen LogP contribution in [0.4, 0.5) is 4.39 Å². The van der Waals surface area contributed by atoms with Crippen molar-refractivity contribution >= 4 is 17.5 Å². The van der Waals surface area contributed by atoms with Crippen molar-refractivity contribution in [1.82, 2.24) is 25.2 Å². The second kappa shape index (κ2) is 9.91. The van der Waals surface area contributed by atoms with Crippen LogP contribution in [0.2, 0.25) is 5.02 Å². The summed E-state index contributed by atoms with van der Waals surface area (Å²) in [7, 11) is 0. The largest absolute Gasteiger partial charge is 0.419 e. The highest BCUT2D eigenvalue weighted by Crippen LogP contribution is 2.26. The van der Waals surface area contributed by atoms with Gasteiger partial charge in [0.2, 0.25) is 29.4 Å². The maximum absolute atomic E-state index is 13.1. The van der Waals surface area contributed by atoms with Gasteiger partial charge in [-0.05, 0) is 50.2 Å². The first-order valence-electron chi connectivity index (χ1n) is 10.4. The first-order chi connectivity index (χ1) is 15.9. The molecule has 0 fully saturated rings. The molecular formula is C23H21ClFN5O3. The lowest BCUT2D eigenvalue weighted by molar-refractivity contribution is -0.134. The Hall–Kier alpha value is -3.59. The van der Waals surface area contributed by atoms with Gasteiger partial charge in [0.05, 0.1) is 17.1 Å². The molecule has 1 amide bonds. The second-order valence-corrected chi connectivity index (χ2v) is 8.02. The summed E-state index contributed by atoms with van der Waals surface area (Å²) < 4.78 is 24.1. The molecule has 33 heavy (non-hydrogen) atoms. The minimum atomic E-state index is -0.345. The van der Waals surface area contributed by atoms with Crippen molar-refractivity contribution in [1.29, 1.82) is 0 Å². The molecule has 0 bridgehead atoms. The third-order valence-electron chi connectivity index (χ3n) is 4.94. The van der Waals surface area contributed by atoms with Gasteiger partial charge < -0.3 is 13.8 Å². The van der Waals surface area contributed by atoms with Crippen molar-refractivity contribution in [2.75, 3.05) is 0 Å². The number of nitrogens with zero attached hydrogens (tertiary/aromatic N) is 5. The average Bonchev–Trinajstić information content (AvgIpc) is 3.46. The van der Waals surface area contributed by atoms with Gasteiger partial charge in [-0.3, -0.25) is 4.79 Å². The molecule has 4 rings (SSSR count). The first kappa shape index (κ1) is 22.6. The number of rotatable bonds is 8. The first-order valence-corrected chi connectivity index (χ1v) is 10.7. The fourth-order valence-corrected chi connectivity index (χ4v) is 3.41. The van der Waals surface area contributed by atoms with Crippen molar-refractivity contribution in [3.8, 4) is 22.8 Å². The van der Waals surface area contributed by atoms with Crippen LogP contribution >= 0.6 is 11.6 Å². The molecule has 0 saturated heterocycles. The number of amides is 1. The van der Waals surface area contributed by atoms with E-state index in [-0.39, 0.29) is 37.2 Å². The summed E-state index contributed by atoms with van der Waals surface area (Å²) in [5.74, 6) is 0.807. The molecule has 10 heteroatoms. The van der Waals surface area contributed by atoms with Gasteiger partial charge >= 0.3 is 0 Å². The Morgan fingerprint density at radius 2 is 1.85 bits per heavy atom. The molecule has 0 radical (unpaired) electrons. The summed E-state index contributed by atoms with van der Waals surface area (Å²) >= 11 is 6.19. The van der Waals surface area contributed by atoms with Crippen molar-refractivity contribution in [2.24, 2.45) is 0 Å². The SMILES string of the molecule is CC(C)N(Cc1nnc(-c2ccccc2Cl)o1)C(=O)CCc1nc(-c2ccc(F)cc2)no1. The Balaban J connectivity index is 1.39. The van der Waals surface area contributed by atoms with E-state index in [2.05, 4.69) is 20.3 Å². The van der Waals surface area contributed by atoms with E-state index < -0.39 is 0 Å². The van der Waals surface area contributed by atoms with Crippen LogP contribution < -0.4 is 0 Å². The second-order valence-electron chi connectivity index (χ2n) is 7.61. The van der Waals surface area contributed by atoms with Gasteiger partial charge in [-0.2, -0.15) is 4.98 Å². The van der Waals surface area contributed by atoms with Crippen LogP contribution in [0.1, 0.15) is 32.0 Å². The van der Waals surface area contributed by atoms with Crippen LogP contribution in [-0.2, 0) is 17.8 Å². The van der Waals surface area contributed by atoms with Crippen LogP contribution in [0.5, 0.6) is 0 Å². The Morgan fingerprint density at radius 1 is 1.09 bits per heavy atom. The lowest BCUT2D eigenvalue weighted by Gasteiger charge is -2.25. The normalized spacial score (nSPS) is 11.2. The van der Waals surface area contributed by atoms with Crippen LogP contribution in [0.15, 0.2) is 57.5 Å². The Morgan fingerprint density at radius 3 is 2.58 bits per heavy atom. The van der Waals surface area contributed by atoms with E-state index in [0.717, 1.165) is 0 Å².